The molecule has 0 aliphatic carbocycles. The minimum Gasteiger partial charge on any atom is -0.496 e. The lowest BCUT2D eigenvalue weighted by molar-refractivity contribution is -0.205. The Morgan fingerprint density at radius 1 is 0.853 bits per heavy atom. The van der Waals surface area contributed by atoms with Crippen LogP contribution >= 0.6 is 11.8 Å². The summed E-state index contributed by atoms with van der Waals surface area (Å²) in [5.74, 6) is 1.08. The van der Waals surface area contributed by atoms with E-state index < -0.39 is 36.5 Å². The van der Waals surface area contributed by atoms with Gasteiger partial charge in [-0.3, -0.25) is 4.79 Å². The van der Waals surface area contributed by atoms with Gasteiger partial charge in [0.2, 0.25) is 5.75 Å². The predicted octanol–water partition coefficient (Wildman–Crippen LogP) is 0.844. The standard InChI is InChI=1S/C23H28O10S/c1-29-13-6-5-11(18(25)12-7-14(30-2)22(32-4)15(8-12)31-3)9-17(13)34-23-21(28)20(27)19(26)16(10-24)33-23/h5-9,16,19-21,23-24,26-28H,10H2,1-4H3/t16?,19-,20-,21?,23-/m0/s1. The van der Waals surface area contributed by atoms with Crippen molar-refractivity contribution in [2.24, 2.45) is 0 Å². The van der Waals surface area contributed by atoms with Gasteiger partial charge in [0.05, 0.1) is 39.9 Å². The maximum absolute atomic E-state index is 13.3. The third kappa shape index (κ3) is 5.09. The number of thioether (sulfide) groups is 1. The van der Waals surface area contributed by atoms with Crippen molar-refractivity contribution < 1.29 is 48.9 Å². The van der Waals surface area contributed by atoms with Crippen molar-refractivity contribution in [3.8, 4) is 23.0 Å². The number of ether oxygens (including phenoxy) is 5. The van der Waals surface area contributed by atoms with E-state index in [9.17, 15) is 25.2 Å². The molecule has 1 heterocycles. The second-order valence-electron chi connectivity index (χ2n) is 7.42. The van der Waals surface area contributed by atoms with Crippen molar-refractivity contribution in [1.82, 2.24) is 0 Å². The van der Waals surface area contributed by atoms with Gasteiger partial charge in [0.15, 0.2) is 17.3 Å². The summed E-state index contributed by atoms with van der Waals surface area (Å²) in [6.45, 7) is -0.543. The number of carbonyl (C=O) groups excluding carboxylic acids is 1. The molecular weight excluding hydrogens is 468 g/mol. The van der Waals surface area contributed by atoms with E-state index in [0.29, 0.717) is 39.0 Å². The largest absolute Gasteiger partial charge is 0.496 e. The van der Waals surface area contributed by atoms with Crippen LogP contribution in [0.1, 0.15) is 15.9 Å². The summed E-state index contributed by atoms with van der Waals surface area (Å²) >= 11 is 0.996. The third-order valence-corrected chi connectivity index (χ3v) is 6.64. The number of carbonyl (C=O) groups is 1. The Balaban J connectivity index is 1.95. The highest BCUT2D eigenvalue weighted by Gasteiger charge is 2.44. The highest BCUT2D eigenvalue weighted by atomic mass is 32.2. The number of rotatable bonds is 9. The van der Waals surface area contributed by atoms with Crippen LogP contribution in [0.25, 0.3) is 0 Å². The molecule has 5 atom stereocenters. The molecule has 0 saturated carbocycles. The monoisotopic (exact) mass is 496 g/mol. The van der Waals surface area contributed by atoms with Gasteiger partial charge in [-0.25, -0.2) is 0 Å². The molecule has 0 radical (unpaired) electrons. The molecule has 0 bridgehead atoms. The second-order valence-corrected chi connectivity index (χ2v) is 8.56. The van der Waals surface area contributed by atoms with Crippen molar-refractivity contribution in [3.63, 3.8) is 0 Å². The number of benzene rings is 2. The lowest BCUT2D eigenvalue weighted by atomic mass is 10.0. The fourth-order valence-electron chi connectivity index (χ4n) is 3.58. The minimum atomic E-state index is -1.52. The van der Waals surface area contributed by atoms with Gasteiger partial charge in [-0.2, -0.15) is 0 Å². The van der Waals surface area contributed by atoms with Crippen molar-refractivity contribution in [2.45, 2.75) is 34.7 Å². The highest BCUT2D eigenvalue weighted by Crippen LogP contribution is 2.41. The van der Waals surface area contributed by atoms with Crippen LogP contribution in [0.5, 0.6) is 23.0 Å². The fourth-order valence-corrected chi connectivity index (χ4v) is 4.79. The molecule has 11 heteroatoms. The van der Waals surface area contributed by atoms with E-state index in [-0.39, 0.29) is 5.78 Å². The SMILES string of the molecule is COc1ccc(C(=O)c2cc(OC)c(OC)c(OC)c2)cc1S[C@@H]1OC(CO)[C@H](O)[C@H](O)C1O. The van der Waals surface area contributed by atoms with Gasteiger partial charge in [-0.05, 0) is 30.3 Å². The number of hydrogen-bond acceptors (Lipinski definition) is 11. The van der Waals surface area contributed by atoms with Crippen LogP contribution in [0.3, 0.4) is 0 Å². The smallest absolute Gasteiger partial charge is 0.203 e. The van der Waals surface area contributed by atoms with Gasteiger partial charge in [0.1, 0.15) is 35.6 Å². The molecule has 1 fully saturated rings. The van der Waals surface area contributed by atoms with E-state index in [4.69, 9.17) is 23.7 Å². The molecule has 1 aliphatic rings. The Labute approximate surface area is 201 Å². The maximum atomic E-state index is 13.3. The van der Waals surface area contributed by atoms with E-state index in [0.717, 1.165) is 11.8 Å². The summed E-state index contributed by atoms with van der Waals surface area (Å²) in [6, 6.07) is 7.83. The number of aliphatic hydroxyl groups excluding tert-OH is 4. The summed E-state index contributed by atoms with van der Waals surface area (Å²) < 4.78 is 26.9. The Hall–Kier alpha value is -2.54. The van der Waals surface area contributed by atoms with Crippen molar-refractivity contribution in [2.75, 3.05) is 35.0 Å². The molecule has 3 rings (SSSR count). The Morgan fingerprint density at radius 2 is 1.47 bits per heavy atom. The van der Waals surface area contributed by atoms with Crippen LogP contribution in [0, 0.1) is 0 Å². The van der Waals surface area contributed by atoms with Crippen LogP contribution in [0.2, 0.25) is 0 Å². The fraction of sp³-hybridized carbons (Fsp3) is 0.435. The average Bonchev–Trinajstić information content (AvgIpc) is 2.87. The zero-order valence-corrected chi connectivity index (χ0v) is 19.9. The van der Waals surface area contributed by atoms with E-state index in [1.165, 1.54) is 28.4 Å². The summed E-state index contributed by atoms with van der Waals surface area (Å²) in [6.07, 6.45) is -5.47. The maximum Gasteiger partial charge on any atom is 0.203 e. The van der Waals surface area contributed by atoms with E-state index >= 15 is 0 Å². The summed E-state index contributed by atoms with van der Waals surface area (Å²) in [4.78, 5) is 13.7. The first-order valence-corrected chi connectivity index (χ1v) is 11.2. The molecule has 2 unspecified atom stereocenters. The lowest BCUT2D eigenvalue weighted by Crippen LogP contribution is -2.57. The molecule has 0 aromatic heterocycles. The highest BCUT2D eigenvalue weighted by molar-refractivity contribution is 8.00. The lowest BCUT2D eigenvalue weighted by Gasteiger charge is -2.39. The predicted molar refractivity (Wildman–Crippen MR) is 122 cm³/mol. The van der Waals surface area contributed by atoms with Gasteiger partial charge >= 0.3 is 0 Å². The first-order valence-electron chi connectivity index (χ1n) is 10.3. The molecule has 34 heavy (non-hydrogen) atoms. The molecule has 4 N–H and O–H groups in total. The summed E-state index contributed by atoms with van der Waals surface area (Å²) in [5, 5.41) is 39.9. The third-order valence-electron chi connectivity index (χ3n) is 5.44. The van der Waals surface area contributed by atoms with E-state index in [1.807, 2.05) is 0 Å². The van der Waals surface area contributed by atoms with Gasteiger partial charge in [0.25, 0.3) is 0 Å². The first kappa shape index (κ1) is 26.1. The van der Waals surface area contributed by atoms with Gasteiger partial charge < -0.3 is 44.1 Å². The van der Waals surface area contributed by atoms with E-state index in [1.54, 1.807) is 30.3 Å². The number of hydrogen-bond donors (Lipinski definition) is 4. The summed E-state index contributed by atoms with van der Waals surface area (Å²) in [5.41, 5.74) is -0.429. The van der Waals surface area contributed by atoms with Crippen molar-refractivity contribution in [3.05, 3.63) is 41.5 Å². The van der Waals surface area contributed by atoms with E-state index in [2.05, 4.69) is 0 Å². The molecule has 2 aromatic carbocycles. The molecule has 10 nitrogen and oxygen atoms in total. The van der Waals surface area contributed by atoms with Crippen LogP contribution < -0.4 is 18.9 Å². The van der Waals surface area contributed by atoms with Crippen LogP contribution in [-0.2, 0) is 4.74 Å². The normalized spacial score (nSPS) is 24.4. The zero-order valence-electron chi connectivity index (χ0n) is 19.1. The second kappa shape index (κ2) is 11.3. The molecule has 2 aromatic rings. The number of aliphatic hydroxyl groups is 4. The van der Waals surface area contributed by atoms with Crippen LogP contribution in [-0.4, -0.2) is 91.1 Å². The summed E-state index contributed by atoms with van der Waals surface area (Å²) in [7, 11) is 5.82. The Bertz CT molecular complexity index is 986. The van der Waals surface area contributed by atoms with Gasteiger partial charge in [-0.15, -0.1) is 0 Å². The van der Waals surface area contributed by atoms with Crippen LogP contribution in [0.4, 0.5) is 0 Å². The Morgan fingerprint density at radius 3 is 2.00 bits per heavy atom. The van der Waals surface area contributed by atoms with Crippen molar-refractivity contribution in [1.29, 1.82) is 0 Å². The topological polar surface area (TPSA) is 144 Å². The van der Waals surface area contributed by atoms with Crippen molar-refractivity contribution >= 4 is 17.5 Å². The molecule has 0 amide bonds. The molecular formula is C23H28O10S. The van der Waals surface area contributed by atoms with Gasteiger partial charge in [0, 0.05) is 11.1 Å². The quantitative estimate of drug-likeness (QED) is 0.367. The van der Waals surface area contributed by atoms with Crippen LogP contribution in [0.15, 0.2) is 35.2 Å². The minimum absolute atomic E-state index is 0.295. The number of methoxy groups -OCH3 is 4. The average molecular weight is 497 g/mol. The van der Waals surface area contributed by atoms with Gasteiger partial charge in [-0.1, -0.05) is 11.8 Å². The molecule has 0 spiro atoms. The first-order chi connectivity index (χ1) is 16.3. The number of ketones is 1. The zero-order chi connectivity index (χ0) is 25.0. The Kier molecular flexibility index (Phi) is 8.63. The molecule has 186 valence electrons. The molecule has 1 aliphatic heterocycles. The molecule has 1 saturated heterocycles.